The zero-order valence-electron chi connectivity index (χ0n) is 9.75. The zero-order chi connectivity index (χ0) is 10.2. The van der Waals surface area contributed by atoms with Crippen LogP contribution >= 0.6 is 0 Å². The molecule has 82 valence electrons. The molecule has 2 saturated heterocycles. The van der Waals surface area contributed by atoms with Crippen LogP contribution in [-0.4, -0.2) is 36.2 Å². The second-order valence-corrected chi connectivity index (χ2v) is 5.43. The first-order valence-electron chi connectivity index (χ1n) is 5.99. The highest BCUT2D eigenvalue weighted by Crippen LogP contribution is 2.38. The maximum atomic E-state index is 6.00. The Morgan fingerprint density at radius 3 is 2.36 bits per heavy atom. The van der Waals surface area contributed by atoms with E-state index < -0.39 is 0 Å². The molecule has 14 heavy (non-hydrogen) atoms. The van der Waals surface area contributed by atoms with Gasteiger partial charge >= 0.3 is 0 Å². The summed E-state index contributed by atoms with van der Waals surface area (Å²) in [6.07, 6.45) is 3.78. The molecule has 2 nitrogen and oxygen atoms in total. The van der Waals surface area contributed by atoms with Crippen molar-refractivity contribution in [2.24, 2.45) is 5.92 Å². The van der Waals surface area contributed by atoms with Crippen molar-refractivity contribution in [3.63, 3.8) is 0 Å². The predicted molar refractivity (Wildman–Crippen MR) is 58.4 cm³/mol. The Morgan fingerprint density at radius 2 is 1.93 bits per heavy atom. The van der Waals surface area contributed by atoms with Crippen LogP contribution in [0.15, 0.2) is 0 Å². The summed E-state index contributed by atoms with van der Waals surface area (Å²) in [5.74, 6) is 0.778. The fourth-order valence-electron chi connectivity index (χ4n) is 2.87. The van der Waals surface area contributed by atoms with Crippen molar-refractivity contribution < 1.29 is 4.74 Å². The molecule has 2 heterocycles. The number of piperidine rings is 1. The van der Waals surface area contributed by atoms with Gasteiger partial charge in [-0.25, -0.2) is 0 Å². The molecule has 1 spiro atoms. The van der Waals surface area contributed by atoms with Gasteiger partial charge in [-0.05, 0) is 39.0 Å². The Labute approximate surface area is 87.6 Å². The number of ether oxygens (including phenoxy) is 1. The molecule has 1 atom stereocenters. The van der Waals surface area contributed by atoms with Gasteiger partial charge in [-0.2, -0.15) is 0 Å². The molecule has 2 fully saturated rings. The van der Waals surface area contributed by atoms with E-state index in [-0.39, 0.29) is 5.60 Å². The summed E-state index contributed by atoms with van der Waals surface area (Å²) >= 11 is 0. The Bertz CT molecular complexity index is 194. The molecule has 0 saturated carbocycles. The van der Waals surface area contributed by atoms with Gasteiger partial charge in [-0.1, -0.05) is 6.92 Å². The molecular weight excluding hydrogens is 174 g/mol. The van der Waals surface area contributed by atoms with Gasteiger partial charge in [-0.3, -0.25) is 0 Å². The lowest BCUT2D eigenvalue weighted by Gasteiger charge is -2.40. The van der Waals surface area contributed by atoms with Crippen LogP contribution in [0.3, 0.4) is 0 Å². The monoisotopic (exact) mass is 197 g/mol. The van der Waals surface area contributed by atoms with E-state index >= 15 is 0 Å². The van der Waals surface area contributed by atoms with Gasteiger partial charge in [0, 0.05) is 25.7 Å². The van der Waals surface area contributed by atoms with E-state index in [9.17, 15) is 0 Å². The largest absolute Gasteiger partial charge is 0.375 e. The Kier molecular flexibility index (Phi) is 2.85. The Balaban J connectivity index is 1.89. The molecule has 0 radical (unpaired) electrons. The lowest BCUT2D eigenvalue weighted by molar-refractivity contribution is -0.0485. The van der Waals surface area contributed by atoms with Crippen molar-refractivity contribution >= 4 is 0 Å². The van der Waals surface area contributed by atoms with Crippen LogP contribution in [0, 0.1) is 5.92 Å². The first-order valence-corrected chi connectivity index (χ1v) is 5.99. The normalized spacial score (nSPS) is 33.0. The van der Waals surface area contributed by atoms with Gasteiger partial charge < -0.3 is 9.64 Å². The van der Waals surface area contributed by atoms with Crippen LogP contribution in [0.25, 0.3) is 0 Å². The molecule has 0 aromatic rings. The number of rotatable bonds is 1. The van der Waals surface area contributed by atoms with E-state index in [1.807, 2.05) is 0 Å². The topological polar surface area (TPSA) is 12.5 Å². The van der Waals surface area contributed by atoms with Gasteiger partial charge in [0.25, 0.3) is 0 Å². The van der Waals surface area contributed by atoms with Crippen LogP contribution in [0.4, 0.5) is 0 Å². The minimum absolute atomic E-state index is 0.269. The molecule has 0 bridgehead atoms. The average molecular weight is 197 g/mol. The first-order chi connectivity index (χ1) is 6.61. The zero-order valence-corrected chi connectivity index (χ0v) is 9.75. The fraction of sp³-hybridized carbons (Fsp3) is 1.00. The molecule has 2 aliphatic heterocycles. The van der Waals surface area contributed by atoms with Crippen LogP contribution in [0.5, 0.6) is 0 Å². The van der Waals surface area contributed by atoms with Gasteiger partial charge in [0.2, 0.25) is 0 Å². The van der Waals surface area contributed by atoms with Crippen molar-refractivity contribution in [2.45, 2.75) is 51.7 Å². The number of nitrogens with zero attached hydrogens (tertiary/aromatic N) is 1. The molecule has 2 heteroatoms. The molecule has 0 aromatic carbocycles. The lowest BCUT2D eigenvalue weighted by Crippen LogP contribution is -2.46. The second kappa shape index (κ2) is 3.82. The minimum atomic E-state index is 0.269. The molecule has 0 aliphatic carbocycles. The van der Waals surface area contributed by atoms with Crippen LogP contribution in [0.2, 0.25) is 0 Å². The third-order valence-electron chi connectivity index (χ3n) is 3.83. The average Bonchev–Trinajstić information content (AvgIpc) is 2.48. The van der Waals surface area contributed by atoms with Crippen LogP contribution in [0.1, 0.15) is 40.0 Å². The molecular formula is C12H23NO. The number of likely N-dealkylation sites (tertiary alicyclic amines) is 1. The van der Waals surface area contributed by atoms with Crippen molar-refractivity contribution in [3.05, 3.63) is 0 Å². The van der Waals surface area contributed by atoms with E-state index in [2.05, 4.69) is 25.7 Å². The Hall–Kier alpha value is -0.0800. The summed E-state index contributed by atoms with van der Waals surface area (Å²) in [6.45, 7) is 10.3. The van der Waals surface area contributed by atoms with Crippen LogP contribution < -0.4 is 0 Å². The summed E-state index contributed by atoms with van der Waals surface area (Å²) in [6, 6.07) is 0.700. The molecule has 2 rings (SSSR count). The van der Waals surface area contributed by atoms with E-state index in [1.165, 1.54) is 32.4 Å². The summed E-state index contributed by atoms with van der Waals surface area (Å²) in [5.41, 5.74) is 0.269. The summed E-state index contributed by atoms with van der Waals surface area (Å²) in [4.78, 5) is 2.57. The first kappa shape index (κ1) is 10.4. The summed E-state index contributed by atoms with van der Waals surface area (Å²) in [7, 11) is 0. The standard InChI is InChI=1S/C12H23NO/c1-10(2)13-6-4-12(5-7-13)8-11(3)9-14-12/h10-11H,4-9H2,1-3H3. The molecule has 2 aliphatic rings. The van der Waals surface area contributed by atoms with Crippen molar-refractivity contribution in [2.75, 3.05) is 19.7 Å². The highest BCUT2D eigenvalue weighted by atomic mass is 16.5. The van der Waals surface area contributed by atoms with E-state index in [0.29, 0.717) is 6.04 Å². The maximum absolute atomic E-state index is 6.00. The SMILES string of the molecule is CC1COC2(CCN(C(C)C)CC2)C1. The van der Waals surface area contributed by atoms with Crippen molar-refractivity contribution in [1.29, 1.82) is 0 Å². The van der Waals surface area contributed by atoms with E-state index in [1.54, 1.807) is 0 Å². The second-order valence-electron chi connectivity index (χ2n) is 5.43. The molecule has 0 aromatic heterocycles. The quantitative estimate of drug-likeness (QED) is 0.639. The third-order valence-corrected chi connectivity index (χ3v) is 3.83. The van der Waals surface area contributed by atoms with Crippen molar-refractivity contribution in [1.82, 2.24) is 4.90 Å². The van der Waals surface area contributed by atoms with Gasteiger partial charge in [0.15, 0.2) is 0 Å². The number of hydrogen-bond donors (Lipinski definition) is 0. The Morgan fingerprint density at radius 1 is 1.29 bits per heavy atom. The van der Waals surface area contributed by atoms with Crippen LogP contribution in [-0.2, 0) is 4.74 Å². The maximum Gasteiger partial charge on any atom is 0.0710 e. The molecule has 0 N–H and O–H groups in total. The fourth-order valence-corrected chi connectivity index (χ4v) is 2.87. The highest BCUT2D eigenvalue weighted by molar-refractivity contribution is 4.93. The third kappa shape index (κ3) is 1.96. The van der Waals surface area contributed by atoms with Gasteiger partial charge in [0.05, 0.1) is 5.60 Å². The smallest absolute Gasteiger partial charge is 0.0710 e. The highest BCUT2D eigenvalue weighted by Gasteiger charge is 2.41. The molecule has 1 unspecified atom stereocenters. The van der Waals surface area contributed by atoms with Gasteiger partial charge in [-0.15, -0.1) is 0 Å². The lowest BCUT2D eigenvalue weighted by atomic mass is 9.85. The van der Waals surface area contributed by atoms with Gasteiger partial charge in [0.1, 0.15) is 0 Å². The van der Waals surface area contributed by atoms with E-state index in [0.717, 1.165) is 12.5 Å². The number of hydrogen-bond acceptors (Lipinski definition) is 2. The van der Waals surface area contributed by atoms with E-state index in [4.69, 9.17) is 4.74 Å². The predicted octanol–water partition coefficient (Wildman–Crippen LogP) is 2.29. The summed E-state index contributed by atoms with van der Waals surface area (Å²) < 4.78 is 6.00. The minimum Gasteiger partial charge on any atom is -0.375 e. The van der Waals surface area contributed by atoms with Crippen molar-refractivity contribution in [3.8, 4) is 0 Å². The summed E-state index contributed by atoms with van der Waals surface area (Å²) in [5, 5.41) is 0. The molecule has 0 amide bonds.